The molecule has 2 aliphatic heterocycles. The Morgan fingerprint density at radius 2 is 0.409 bits per heavy atom. The molecule has 0 spiro atoms. The summed E-state index contributed by atoms with van der Waals surface area (Å²) in [7, 11) is 0. The molecular weight excluding hydrogens is 1340 g/mol. The van der Waals surface area contributed by atoms with Crippen LogP contribution in [0.4, 0.5) is 0 Å². The maximum absolute atomic E-state index is 16.5. The molecule has 0 radical (unpaired) electrons. The topological polar surface area (TPSA) is 74.8 Å². The van der Waals surface area contributed by atoms with E-state index < -0.39 is 0 Å². The molecule has 2 heterocycles. The van der Waals surface area contributed by atoms with Gasteiger partial charge in [0, 0.05) is 45.1 Å². The Hall–Kier alpha value is -5.62. The smallest absolute Gasteiger partial charge is 0.261 e. The fraction of sp³-hybridized carbons (Fsp3) is 0.673. The third-order valence-electron chi connectivity index (χ3n) is 34.5. The van der Waals surface area contributed by atoms with Crippen LogP contribution < -0.4 is 0 Å². The monoisotopic (exact) mass is 1480 g/mol. The van der Waals surface area contributed by atoms with Gasteiger partial charge < -0.3 is 0 Å². The summed E-state index contributed by atoms with van der Waals surface area (Å²) in [5.41, 5.74) is 8.82. The van der Waals surface area contributed by atoms with E-state index in [9.17, 15) is 0 Å². The van der Waals surface area contributed by atoms with Crippen LogP contribution in [0, 0.1) is 53.3 Å². The number of imide groups is 2. The Balaban J connectivity index is 0.861. The molecule has 4 amide bonds. The zero-order chi connectivity index (χ0) is 73.7. The van der Waals surface area contributed by atoms with Crippen molar-refractivity contribution in [2.24, 2.45) is 53.3 Å². The van der Waals surface area contributed by atoms with Crippen LogP contribution in [-0.2, 0) is 0 Å². The molecule has 8 aromatic carbocycles. The summed E-state index contributed by atoms with van der Waals surface area (Å²) in [6.45, 7) is 2.41. The van der Waals surface area contributed by atoms with Gasteiger partial charge in [0.05, 0.1) is 0 Å². The summed E-state index contributed by atoms with van der Waals surface area (Å²) in [4.78, 5) is 69.8. The second-order valence-corrected chi connectivity index (χ2v) is 40.5. The van der Waals surface area contributed by atoms with Crippen LogP contribution in [0.3, 0.4) is 0 Å². The number of hydrogen-bond acceptors (Lipinski definition) is 4. The third kappa shape index (κ3) is 13.1. The van der Waals surface area contributed by atoms with Gasteiger partial charge in [0.15, 0.2) is 0 Å². The van der Waals surface area contributed by atoms with Gasteiger partial charge in [-0.25, -0.2) is 0 Å². The van der Waals surface area contributed by atoms with E-state index in [1.54, 1.807) is 0 Å². The summed E-state index contributed by atoms with van der Waals surface area (Å²) in [5.74, 6) is 8.53. The van der Waals surface area contributed by atoms with Gasteiger partial charge in [-0.05, 0) is 265 Å². The number of benzene rings is 8. The van der Waals surface area contributed by atoms with E-state index in [0.717, 1.165) is 196 Å². The molecule has 0 saturated heterocycles. The summed E-state index contributed by atoms with van der Waals surface area (Å²) >= 11 is 0. The minimum atomic E-state index is -0.0914. The van der Waals surface area contributed by atoms with Gasteiger partial charge in [0.2, 0.25) is 0 Å². The first kappa shape index (κ1) is 73.3. The van der Waals surface area contributed by atoms with Crippen molar-refractivity contribution in [3.05, 3.63) is 93.0 Å². The predicted molar refractivity (Wildman–Crippen MR) is 457 cm³/mol. The lowest BCUT2D eigenvalue weighted by atomic mass is 9.70. The van der Waals surface area contributed by atoms with E-state index in [-0.39, 0.29) is 59.4 Å². The van der Waals surface area contributed by atoms with Crippen molar-refractivity contribution in [2.75, 3.05) is 0 Å². The molecule has 12 aliphatic rings. The second-order valence-electron chi connectivity index (χ2n) is 40.5. The van der Waals surface area contributed by atoms with E-state index in [1.165, 1.54) is 318 Å². The third-order valence-corrected chi connectivity index (χ3v) is 34.5. The highest BCUT2D eigenvalue weighted by atomic mass is 16.2. The highest BCUT2D eigenvalue weighted by molar-refractivity contribution is 6.46. The van der Waals surface area contributed by atoms with E-state index >= 15 is 19.2 Å². The molecule has 10 saturated carbocycles. The fourth-order valence-corrected chi connectivity index (χ4v) is 29.0. The molecule has 10 aliphatic carbocycles. The Kier molecular flexibility index (Phi) is 21.0. The molecule has 6 nitrogen and oxygen atoms in total. The van der Waals surface area contributed by atoms with Crippen molar-refractivity contribution in [2.45, 2.75) is 389 Å². The number of carbonyl (C=O) groups is 4. The van der Waals surface area contributed by atoms with Crippen molar-refractivity contribution >= 4 is 99.0 Å². The molecule has 0 unspecified atom stereocenters. The number of fused-ring (bicyclic) bond motifs is 4. The summed E-state index contributed by atoms with van der Waals surface area (Å²) < 4.78 is 0. The Morgan fingerprint density at radius 1 is 0.209 bits per heavy atom. The van der Waals surface area contributed by atoms with Crippen LogP contribution in [0.2, 0.25) is 0 Å². The van der Waals surface area contributed by atoms with E-state index in [2.05, 4.69) is 55.5 Å². The van der Waals surface area contributed by atoms with E-state index in [0.29, 0.717) is 5.92 Å². The first-order valence-electron chi connectivity index (χ1n) is 47.9. The van der Waals surface area contributed by atoms with E-state index in [4.69, 9.17) is 0 Å². The van der Waals surface area contributed by atoms with Gasteiger partial charge in [-0.3, -0.25) is 29.0 Å². The fourth-order valence-electron chi connectivity index (χ4n) is 29.0. The standard InChI is InChI=1S/C104H134N2O4/c1-64-26-16-54-78(55-17-27-64)106-103(109)89-62-85(75-48-22-40-71(41-23-49-75)67-32-12-13-33-67)95-81-58-56-79-91-80(57-59-82(92(81)91)96-86(63-90(104(106)110)98(89)100(95)96)76-50-24-42-72(43-25-51-76)68-34-14-15-35-68)94-84(74-46-20-38-70(39-21-47-74)66-30-10-11-31-66)61-88-97-87(101(107)105(102(88)108)77-52-6-4-2-3-5-7-53-77)60-83(93(79)99(94)97)73-44-18-36-69(37-19-45-73)65-28-8-9-29-65/h56-78H,2-55H2,1H3. The molecule has 0 atom stereocenters. The lowest BCUT2D eigenvalue weighted by molar-refractivity contribution is 0.0498. The average molecular weight is 1480 g/mol. The van der Waals surface area contributed by atoms with Crippen molar-refractivity contribution in [3.8, 4) is 0 Å². The van der Waals surface area contributed by atoms with Gasteiger partial charge in [0.25, 0.3) is 23.6 Å². The van der Waals surface area contributed by atoms with Gasteiger partial charge in [-0.1, -0.05) is 301 Å². The SMILES string of the molecule is CC1CCCC(N2C(=O)c3cc(C4CCCC(C5CCCC5)CCC4)c4c5ccc6c7c(C8CCCC(C9CCCC9)CCC8)cc8c9c(cc(C%10CCCC(C%11CCCC%11)CCC%10)c(c%10ccc(c%11c(C%12CCCC(C%13CCCC%13)CCC%12)cc(c3c4%11)C2=O)c5c6%10)c97)C(=O)N(C2CCCCCCCC2)C8=O)CCC1. The van der Waals surface area contributed by atoms with Crippen molar-refractivity contribution in [1.29, 1.82) is 0 Å². The van der Waals surface area contributed by atoms with Crippen molar-refractivity contribution in [3.63, 3.8) is 0 Å². The first-order chi connectivity index (χ1) is 54.2. The highest BCUT2D eigenvalue weighted by Gasteiger charge is 2.45. The first-order valence-corrected chi connectivity index (χ1v) is 47.9. The molecule has 110 heavy (non-hydrogen) atoms. The normalized spacial score (nSPS) is 30.3. The van der Waals surface area contributed by atoms with Gasteiger partial charge in [-0.15, -0.1) is 0 Å². The Labute approximate surface area is 659 Å². The quantitative estimate of drug-likeness (QED) is 0.0777. The number of carbonyl (C=O) groups excluding carboxylic acids is 4. The zero-order valence-corrected chi connectivity index (χ0v) is 68.0. The largest absolute Gasteiger partial charge is 0.271 e. The van der Waals surface area contributed by atoms with Crippen molar-refractivity contribution in [1.82, 2.24) is 9.80 Å². The molecule has 20 rings (SSSR count). The summed E-state index contributed by atoms with van der Waals surface area (Å²) in [6.07, 6.45) is 66.8. The molecule has 8 aromatic rings. The van der Waals surface area contributed by atoms with Crippen LogP contribution >= 0.6 is 0 Å². The van der Waals surface area contributed by atoms with Crippen molar-refractivity contribution < 1.29 is 19.2 Å². The maximum Gasteiger partial charge on any atom is 0.261 e. The lowest BCUT2D eigenvalue weighted by Gasteiger charge is -2.38. The van der Waals surface area contributed by atoms with Crippen LogP contribution in [0.1, 0.15) is 441 Å². The second kappa shape index (κ2) is 31.5. The predicted octanol–water partition coefficient (Wildman–Crippen LogP) is 29.7. The maximum atomic E-state index is 16.5. The highest BCUT2D eigenvalue weighted by Crippen LogP contribution is 2.59. The molecule has 584 valence electrons. The lowest BCUT2D eigenvalue weighted by Crippen LogP contribution is -2.47. The molecular formula is C104H134N2O4. The Morgan fingerprint density at radius 3 is 0.655 bits per heavy atom. The summed E-state index contributed by atoms with van der Waals surface area (Å²) in [6, 6.07) is 20.1. The number of rotatable bonds is 10. The van der Waals surface area contributed by atoms with Gasteiger partial charge >= 0.3 is 0 Å². The molecule has 0 aromatic heterocycles. The van der Waals surface area contributed by atoms with Crippen LogP contribution in [0.25, 0.3) is 75.4 Å². The van der Waals surface area contributed by atoms with Crippen LogP contribution in [0.5, 0.6) is 0 Å². The molecule has 6 heteroatoms. The average Bonchev–Trinajstić information content (AvgIpc) is 1.04. The minimum Gasteiger partial charge on any atom is -0.271 e. The molecule has 0 N–H and O–H groups in total. The Bertz CT molecular complexity index is 4420. The van der Waals surface area contributed by atoms with Gasteiger partial charge in [-0.2, -0.15) is 0 Å². The molecule has 0 bridgehead atoms. The van der Waals surface area contributed by atoms with Gasteiger partial charge in [0.1, 0.15) is 0 Å². The number of nitrogens with zero attached hydrogens (tertiary/aromatic N) is 2. The van der Waals surface area contributed by atoms with Crippen LogP contribution in [0.15, 0.2) is 48.5 Å². The van der Waals surface area contributed by atoms with Crippen LogP contribution in [-0.4, -0.2) is 45.5 Å². The number of hydrogen-bond donors (Lipinski definition) is 0. The summed E-state index contributed by atoms with van der Waals surface area (Å²) in [5, 5.41) is 17.8. The molecule has 10 fully saturated rings. The zero-order valence-electron chi connectivity index (χ0n) is 68.0. The minimum absolute atomic E-state index is 0.0204. The van der Waals surface area contributed by atoms with E-state index in [1.807, 2.05) is 9.80 Å². The number of amides is 4.